The standard InChI is InChI=1S/C13H14BrF3O/c1-8(2)3-6-12(18)9-4-5-11(14)10(7-9)13(15,16)17/h4-5,7-8H,3,6H2,1-2H3. The molecule has 0 N–H and O–H groups in total. The van der Waals surface area contributed by atoms with E-state index in [4.69, 9.17) is 0 Å². The van der Waals surface area contributed by atoms with E-state index in [1.807, 2.05) is 13.8 Å². The van der Waals surface area contributed by atoms with Gasteiger partial charge in [0.2, 0.25) is 0 Å². The molecule has 0 aromatic heterocycles. The maximum atomic E-state index is 12.7. The summed E-state index contributed by atoms with van der Waals surface area (Å²) in [4.78, 5) is 11.8. The Morgan fingerprint density at radius 2 is 1.94 bits per heavy atom. The first-order valence-corrected chi connectivity index (χ1v) is 6.41. The van der Waals surface area contributed by atoms with Crippen LogP contribution in [-0.4, -0.2) is 5.78 Å². The largest absolute Gasteiger partial charge is 0.417 e. The first-order chi connectivity index (χ1) is 8.21. The van der Waals surface area contributed by atoms with E-state index in [1.165, 1.54) is 12.1 Å². The van der Waals surface area contributed by atoms with Gasteiger partial charge in [-0.05, 0) is 24.5 Å². The van der Waals surface area contributed by atoms with Crippen LogP contribution in [0.3, 0.4) is 0 Å². The summed E-state index contributed by atoms with van der Waals surface area (Å²) in [6.07, 6.45) is -3.50. The number of ketones is 1. The number of carbonyl (C=O) groups is 1. The van der Waals surface area contributed by atoms with E-state index in [0.717, 1.165) is 6.07 Å². The van der Waals surface area contributed by atoms with Crippen LogP contribution in [0.25, 0.3) is 0 Å². The Hall–Kier alpha value is -0.840. The molecule has 18 heavy (non-hydrogen) atoms. The number of hydrogen-bond acceptors (Lipinski definition) is 1. The van der Waals surface area contributed by atoms with Gasteiger partial charge in [-0.15, -0.1) is 0 Å². The zero-order chi connectivity index (χ0) is 13.9. The van der Waals surface area contributed by atoms with Crippen LogP contribution in [-0.2, 0) is 6.18 Å². The van der Waals surface area contributed by atoms with Gasteiger partial charge in [-0.3, -0.25) is 4.79 Å². The van der Waals surface area contributed by atoms with Crippen LogP contribution in [0.15, 0.2) is 22.7 Å². The maximum absolute atomic E-state index is 12.7. The molecule has 1 aromatic rings. The minimum atomic E-state index is -4.45. The second-order valence-corrected chi connectivity index (χ2v) is 5.40. The molecule has 0 saturated heterocycles. The molecule has 0 heterocycles. The highest BCUT2D eigenvalue weighted by Crippen LogP contribution is 2.35. The fourth-order valence-corrected chi connectivity index (χ4v) is 1.95. The van der Waals surface area contributed by atoms with Crippen molar-refractivity contribution >= 4 is 21.7 Å². The Labute approximate surface area is 113 Å². The molecule has 1 aromatic carbocycles. The lowest BCUT2D eigenvalue weighted by Crippen LogP contribution is -2.09. The van der Waals surface area contributed by atoms with E-state index in [1.54, 1.807) is 0 Å². The summed E-state index contributed by atoms with van der Waals surface area (Å²) >= 11 is 2.85. The Kier molecular flexibility index (Phi) is 4.96. The normalized spacial score (nSPS) is 11.9. The van der Waals surface area contributed by atoms with Gasteiger partial charge >= 0.3 is 6.18 Å². The van der Waals surface area contributed by atoms with Crippen LogP contribution in [0.4, 0.5) is 13.2 Å². The van der Waals surface area contributed by atoms with Gasteiger partial charge < -0.3 is 0 Å². The minimum absolute atomic E-state index is 0.0459. The van der Waals surface area contributed by atoms with Gasteiger partial charge in [0.05, 0.1) is 5.56 Å². The first kappa shape index (κ1) is 15.2. The van der Waals surface area contributed by atoms with Gasteiger partial charge in [0.25, 0.3) is 0 Å². The maximum Gasteiger partial charge on any atom is 0.417 e. The third-order valence-corrected chi connectivity index (χ3v) is 3.23. The molecule has 0 aliphatic carbocycles. The van der Waals surface area contributed by atoms with Crippen molar-refractivity contribution in [2.24, 2.45) is 5.92 Å². The second-order valence-electron chi connectivity index (χ2n) is 4.55. The molecule has 0 aliphatic rings. The minimum Gasteiger partial charge on any atom is -0.294 e. The molecule has 1 nitrogen and oxygen atoms in total. The molecule has 1 rings (SSSR count). The quantitative estimate of drug-likeness (QED) is 0.706. The topological polar surface area (TPSA) is 17.1 Å². The van der Waals surface area contributed by atoms with Crippen molar-refractivity contribution in [2.45, 2.75) is 32.9 Å². The van der Waals surface area contributed by atoms with Crippen LogP contribution < -0.4 is 0 Å². The number of Topliss-reactive ketones (excluding diaryl/α,β-unsaturated/α-hetero) is 1. The van der Waals surface area contributed by atoms with Gasteiger partial charge in [-0.25, -0.2) is 0 Å². The Bertz CT molecular complexity index is 438. The van der Waals surface area contributed by atoms with Crippen LogP contribution in [0.5, 0.6) is 0 Å². The fraction of sp³-hybridized carbons (Fsp3) is 0.462. The van der Waals surface area contributed by atoms with Gasteiger partial charge in [0.1, 0.15) is 0 Å². The Balaban J connectivity index is 2.95. The lowest BCUT2D eigenvalue weighted by molar-refractivity contribution is -0.138. The first-order valence-electron chi connectivity index (χ1n) is 5.61. The molecule has 0 atom stereocenters. The van der Waals surface area contributed by atoms with Crippen molar-refractivity contribution in [3.8, 4) is 0 Å². The van der Waals surface area contributed by atoms with Crippen LogP contribution in [0.2, 0.25) is 0 Å². The van der Waals surface area contributed by atoms with Crippen LogP contribution >= 0.6 is 15.9 Å². The molecule has 0 amide bonds. The SMILES string of the molecule is CC(C)CCC(=O)c1ccc(Br)c(C(F)(F)F)c1. The van der Waals surface area contributed by atoms with E-state index in [9.17, 15) is 18.0 Å². The molecule has 100 valence electrons. The lowest BCUT2D eigenvalue weighted by Gasteiger charge is -2.11. The van der Waals surface area contributed by atoms with Crippen LogP contribution in [0.1, 0.15) is 42.6 Å². The van der Waals surface area contributed by atoms with Gasteiger partial charge in [0.15, 0.2) is 5.78 Å². The average molecular weight is 323 g/mol. The molecule has 0 radical (unpaired) electrons. The molecule has 0 saturated carbocycles. The molecule has 0 bridgehead atoms. The summed E-state index contributed by atoms with van der Waals surface area (Å²) in [6, 6.07) is 3.60. The van der Waals surface area contributed by atoms with E-state index in [2.05, 4.69) is 15.9 Å². The summed E-state index contributed by atoms with van der Waals surface area (Å²) in [6.45, 7) is 3.94. The summed E-state index contributed by atoms with van der Waals surface area (Å²) in [5.41, 5.74) is -0.691. The van der Waals surface area contributed by atoms with Gasteiger partial charge in [-0.2, -0.15) is 13.2 Å². The molecular weight excluding hydrogens is 309 g/mol. The molecule has 0 unspecified atom stereocenters. The highest BCUT2D eigenvalue weighted by Gasteiger charge is 2.33. The third kappa shape index (κ3) is 4.12. The molecular formula is C13H14BrF3O. The molecule has 0 fully saturated rings. The Morgan fingerprint density at radius 3 is 2.44 bits per heavy atom. The van der Waals surface area contributed by atoms with Crippen molar-refractivity contribution in [2.75, 3.05) is 0 Å². The van der Waals surface area contributed by atoms with Gasteiger partial charge in [0, 0.05) is 16.5 Å². The highest BCUT2D eigenvalue weighted by atomic mass is 79.9. The van der Waals surface area contributed by atoms with Gasteiger partial charge in [-0.1, -0.05) is 35.8 Å². The monoisotopic (exact) mass is 322 g/mol. The predicted octanol–water partition coefficient (Wildman–Crippen LogP) is 5.09. The zero-order valence-corrected chi connectivity index (χ0v) is 11.7. The lowest BCUT2D eigenvalue weighted by atomic mass is 10.00. The smallest absolute Gasteiger partial charge is 0.294 e. The van der Waals surface area contributed by atoms with Crippen molar-refractivity contribution in [1.82, 2.24) is 0 Å². The third-order valence-electron chi connectivity index (χ3n) is 2.54. The number of halogens is 4. The number of benzene rings is 1. The van der Waals surface area contributed by atoms with E-state index in [0.29, 0.717) is 12.3 Å². The second kappa shape index (κ2) is 5.87. The summed E-state index contributed by atoms with van der Waals surface area (Å²) in [5, 5.41) is 0. The summed E-state index contributed by atoms with van der Waals surface area (Å²) in [7, 11) is 0. The number of carbonyl (C=O) groups excluding carboxylic acids is 1. The number of alkyl halides is 3. The summed E-state index contributed by atoms with van der Waals surface area (Å²) < 4.78 is 37.9. The highest BCUT2D eigenvalue weighted by molar-refractivity contribution is 9.10. The number of rotatable bonds is 4. The Morgan fingerprint density at radius 1 is 1.33 bits per heavy atom. The molecule has 0 spiro atoms. The van der Waals surface area contributed by atoms with E-state index < -0.39 is 11.7 Å². The van der Waals surface area contributed by atoms with Crippen LogP contribution in [0, 0.1) is 5.92 Å². The van der Waals surface area contributed by atoms with Crippen molar-refractivity contribution in [1.29, 1.82) is 0 Å². The average Bonchev–Trinajstić information content (AvgIpc) is 2.24. The van der Waals surface area contributed by atoms with Crippen molar-refractivity contribution in [3.05, 3.63) is 33.8 Å². The number of hydrogen-bond donors (Lipinski definition) is 0. The molecule has 0 aliphatic heterocycles. The predicted molar refractivity (Wildman–Crippen MR) is 67.5 cm³/mol. The zero-order valence-electron chi connectivity index (χ0n) is 10.1. The van der Waals surface area contributed by atoms with E-state index >= 15 is 0 Å². The van der Waals surface area contributed by atoms with Crippen molar-refractivity contribution in [3.63, 3.8) is 0 Å². The van der Waals surface area contributed by atoms with Crippen molar-refractivity contribution < 1.29 is 18.0 Å². The van der Waals surface area contributed by atoms with E-state index in [-0.39, 0.29) is 22.2 Å². The summed E-state index contributed by atoms with van der Waals surface area (Å²) in [5.74, 6) is 0.105. The fourth-order valence-electron chi connectivity index (χ4n) is 1.48. The molecule has 5 heteroatoms.